The summed E-state index contributed by atoms with van der Waals surface area (Å²) < 4.78 is 5.66. The molecule has 32 heavy (non-hydrogen) atoms. The molecule has 5 heterocycles. The summed E-state index contributed by atoms with van der Waals surface area (Å²) in [7, 11) is 0. The summed E-state index contributed by atoms with van der Waals surface area (Å²) >= 11 is 1.78. The van der Waals surface area contributed by atoms with Crippen LogP contribution in [0.3, 0.4) is 0 Å². The van der Waals surface area contributed by atoms with Gasteiger partial charge in [0.15, 0.2) is 0 Å². The Bertz CT molecular complexity index is 1040. The van der Waals surface area contributed by atoms with E-state index < -0.39 is 0 Å². The normalized spacial score (nSPS) is 27.7. The lowest BCUT2D eigenvalue weighted by Gasteiger charge is -2.36. The summed E-state index contributed by atoms with van der Waals surface area (Å²) in [6.07, 6.45) is 12.9. The van der Waals surface area contributed by atoms with Crippen LogP contribution in [0.4, 0.5) is 0 Å². The second kappa shape index (κ2) is 9.21. The van der Waals surface area contributed by atoms with Crippen molar-refractivity contribution < 1.29 is 4.74 Å². The Morgan fingerprint density at radius 3 is 2.88 bits per heavy atom. The molecule has 1 atom stereocenters. The largest absolute Gasteiger partial charge is 0.380 e. The lowest BCUT2D eigenvalue weighted by molar-refractivity contribution is 0.118. The third kappa shape index (κ3) is 4.12. The Morgan fingerprint density at radius 1 is 1.06 bits per heavy atom. The first-order valence-corrected chi connectivity index (χ1v) is 13.2. The Morgan fingerprint density at radius 2 is 2.00 bits per heavy atom. The first kappa shape index (κ1) is 20.8. The monoisotopic (exact) mass is 451 g/mol. The molecule has 0 aromatic carbocycles. The van der Waals surface area contributed by atoms with E-state index in [4.69, 9.17) is 14.7 Å². The van der Waals surface area contributed by atoms with Crippen LogP contribution in [0.25, 0.3) is 22.3 Å². The van der Waals surface area contributed by atoms with Crippen molar-refractivity contribution in [2.75, 3.05) is 32.8 Å². The van der Waals surface area contributed by atoms with Gasteiger partial charge in [0, 0.05) is 54.5 Å². The van der Waals surface area contributed by atoms with E-state index in [0.717, 1.165) is 43.7 Å². The standard InChI is InChI=1S/C25H33N5OS/c1-3-22(26-8-1)25-29-23(16-32-25)21-15-28-24-20(21)13-18(14-27-24)17-4-6-19(7-5-17)30-9-2-11-31-12-10-30/h13-17,19,22,26H,1-12H2,(H,27,28). The molecule has 3 aliphatic rings. The summed E-state index contributed by atoms with van der Waals surface area (Å²) in [5, 5.41) is 8.21. The fraction of sp³-hybridized carbons (Fsp3) is 0.600. The van der Waals surface area contributed by atoms with Crippen molar-refractivity contribution in [1.82, 2.24) is 25.2 Å². The molecule has 2 N–H and O–H groups in total. The molecule has 0 amide bonds. The average Bonchev–Trinajstić information content (AvgIpc) is 3.56. The molecule has 6 nitrogen and oxygen atoms in total. The molecule has 3 aromatic heterocycles. The Labute approximate surface area is 193 Å². The van der Waals surface area contributed by atoms with Gasteiger partial charge in [-0.2, -0.15) is 0 Å². The summed E-state index contributed by atoms with van der Waals surface area (Å²) in [6, 6.07) is 3.54. The van der Waals surface area contributed by atoms with E-state index in [-0.39, 0.29) is 0 Å². The number of pyridine rings is 1. The third-order valence-electron chi connectivity index (χ3n) is 7.65. The first-order valence-electron chi connectivity index (χ1n) is 12.3. The van der Waals surface area contributed by atoms with Crippen molar-refractivity contribution in [3.63, 3.8) is 0 Å². The number of aromatic nitrogens is 3. The van der Waals surface area contributed by atoms with Gasteiger partial charge in [-0.05, 0) is 69.0 Å². The SMILES string of the molecule is c1nc2[nH]cc(-c3csc(C4CCCN4)n3)c2cc1C1CCC(N2CCCOCC2)CC1. The van der Waals surface area contributed by atoms with Crippen molar-refractivity contribution in [3.05, 3.63) is 34.4 Å². The van der Waals surface area contributed by atoms with Gasteiger partial charge in [-0.1, -0.05) is 0 Å². The fourth-order valence-corrected chi connectivity index (χ4v) is 6.75. The van der Waals surface area contributed by atoms with E-state index in [0.29, 0.717) is 12.0 Å². The molecule has 3 fully saturated rings. The molecule has 1 saturated carbocycles. The van der Waals surface area contributed by atoms with Crippen LogP contribution < -0.4 is 5.32 Å². The minimum absolute atomic E-state index is 0.429. The highest BCUT2D eigenvalue weighted by Crippen LogP contribution is 2.38. The molecule has 0 radical (unpaired) electrons. The van der Waals surface area contributed by atoms with E-state index in [2.05, 4.69) is 39.0 Å². The maximum atomic E-state index is 5.66. The van der Waals surface area contributed by atoms with Crippen molar-refractivity contribution in [2.45, 2.75) is 62.9 Å². The van der Waals surface area contributed by atoms with Crippen LogP contribution in [0.5, 0.6) is 0 Å². The van der Waals surface area contributed by atoms with Crippen molar-refractivity contribution in [2.24, 2.45) is 0 Å². The van der Waals surface area contributed by atoms with Crippen LogP contribution in [-0.2, 0) is 4.74 Å². The molecule has 2 aliphatic heterocycles. The van der Waals surface area contributed by atoms with Crippen LogP contribution >= 0.6 is 11.3 Å². The summed E-state index contributed by atoms with van der Waals surface area (Å²) in [5.41, 5.74) is 4.63. The molecule has 7 heteroatoms. The molecule has 1 unspecified atom stereocenters. The maximum Gasteiger partial charge on any atom is 0.137 e. The van der Waals surface area contributed by atoms with Crippen LogP contribution in [-0.4, -0.2) is 58.7 Å². The molecular formula is C25H33N5OS. The smallest absolute Gasteiger partial charge is 0.137 e. The number of hydrogen-bond donors (Lipinski definition) is 2. The molecule has 2 saturated heterocycles. The zero-order valence-corrected chi connectivity index (χ0v) is 19.5. The van der Waals surface area contributed by atoms with Gasteiger partial charge in [-0.15, -0.1) is 11.3 Å². The van der Waals surface area contributed by atoms with E-state index in [1.165, 1.54) is 73.0 Å². The zero-order chi connectivity index (χ0) is 21.3. The van der Waals surface area contributed by atoms with Gasteiger partial charge in [0.2, 0.25) is 0 Å². The molecule has 1 aliphatic carbocycles. The number of hydrogen-bond acceptors (Lipinski definition) is 6. The lowest BCUT2D eigenvalue weighted by atomic mass is 9.81. The van der Waals surface area contributed by atoms with E-state index in [9.17, 15) is 0 Å². The number of nitrogens with zero attached hydrogens (tertiary/aromatic N) is 3. The second-order valence-corrected chi connectivity index (χ2v) is 10.5. The quantitative estimate of drug-likeness (QED) is 0.593. The van der Waals surface area contributed by atoms with Crippen LogP contribution in [0.1, 0.15) is 67.5 Å². The molecule has 0 bridgehead atoms. The zero-order valence-electron chi connectivity index (χ0n) is 18.7. The minimum atomic E-state index is 0.429. The minimum Gasteiger partial charge on any atom is -0.380 e. The summed E-state index contributed by atoms with van der Waals surface area (Å²) in [6.45, 7) is 5.22. The Kier molecular flexibility index (Phi) is 5.98. The van der Waals surface area contributed by atoms with Crippen molar-refractivity contribution >= 4 is 22.4 Å². The lowest BCUT2D eigenvalue weighted by Crippen LogP contribution is -2.39. The van der Waals surface area contributed by atoms with Gasteiger partial charge >= 0.3 is 0 Å². The second-order valence-electron chi connectivity index (χ2n) is 9.59. The predicted molar refractivity (Wildman–Crippen MR) is 129 cm³/mol. The topological polar surface area (TPSA) is 66.1 Å². The fourth-order valence-electron chi connectivity index (χ4n) is 5.83. The van der Waals surface area contributed by atoms with E-state index in [1.54, 1.807) is 11.3 Å². The first-order chi connectivity index (χ1) is 15.8. The number of thiazole rings is 1. The molecular weight excluding hydrogens is 418 g/mol. The molecule has 3 aromatic rings. The highest BCUT2D eigenvalue weighted by molar-refractivity contribution is 7.10. The number of H-pyrrole nitrogens is 1. The average molecular weight is 452 g/mol. The van der Waals surface area contributed by atoms with Gasteiger partial charge in [0.1, 0.15) is 10.7 Å². The molecule has 6 rings (SSSR count). The number of rotatable bonds is 4. The van der Waals surface area contributed by atoms with Gasteiger partial charge in [0.05, 0.1) is 18.3 Å². The van der Waals surface area contributed by atoms with E-state index in [1.807, 2.05) is 0 Å². The van der Waals surface area contributed by atoms with Crippen LogP contribution in [0, 0.1) is 0 Å². The number of ether oxygens (including phenoxy) is 1. The molecule has 170 valence electrons. The summed E-state index contributed by atoms with van der Waals surface area (Å²) in [4.78, 5) is 15.8. The van der Waals surface area contributed by atoms with Crippen LogP contribution in [0.15, 0.2) is 23.8 Å². The van der Waals surface area contributed by atoms with Gasteiger partial charge in [-0.25, -0.2) is 9.97 Å². The number of aromatic amines is 1. The highest BCUT2D eigenvalue weighted by Gasteiger charge is 2.28. The van der Waals surface area contributed by atoms with Crippen molar-refractivity contribution in [3.8, 4) is 11.3 Å². The summed E-state index contributed by atoms with van der Waals surface area (Å²) in [5.74, 6) is 0.614. The Hall–Kier alpha value is -1.80. The molecule has 0 spiro atoms. The third-order valence-corrected chi connectivity index (χ3v) is 8.61. The predicted octanol–water partition coefficient (Wildman–Crippen LogP) is 4.86. The van der Waals surface area contributed by atoms with Crippen LogP contribution in [0.2, 0.25) is 0 Å². The van der Waals surface area contributed by atoms with Gasteiger partial charge in [-0.3, -0.25) is 4.90 Å². The highest BCUT2D eigenvalue weighted by atomic mass is 32.1. The Balaban J connectivity index is 1.19. The van der Waals surface area contributed by atoms with Gasteiger partial charge < -0.3 is 15.0 Å². The number of fused-ring (bicyclic) bond motifs is 1. The number of nitrogens with one attached hydrogen (secondary N) is 2. The maximum absolute atomic E-state index is 5.66. The van der Waals surface area contributed by atoms with Gasteiger partial charge in [0.25, 0.3) is 0 Å². The van der Waals surface area contributed by atoms with E-state index >= 15 is 0 Å². The van der Waals surface area contributed by atoms with Crippen molar-refractivity contribution in [1.29, 1.82) is 0 Å².